The summed E-state index contributed by atoms with van der Waals surface area (Å²) in [6, 6.07) is 32.1. The van der Waals surface area contributed by atoms with Crippen molar-refractivity contribution in [1.82, 2.24) is 5.32 Å². The Morgan fingerprint density at radius 1 is 0.791 bits per heavy atom. The average molecular weight is 577 g/mol. The van der Waals surface area contributed by atoms with Crippen LogP contribution < -0.4 is 10.6 Å². The molecule has 7 nitrogen and oxygen atoms in total. The van der Waals surface area contributed by atoms with Crippen LogP contribution in [0.2, 0.25) is 0 Å². The number of hydrogen-bond acceptors (Lipinski definition) is 5. The van der Waals surface area contributed by atoms with E-state index in [1.165, 1.54) is 0 Å². The minimum Gasteiger partial charge on any atom is -0.460 e. The van der Waals surface area contributed by atoms with Gasteiger partial charge in [0.25, 0.3) is 0 Å². The first-order valence-corrected chi connectivity index (χ1v) is 14.4. The molecule has 43 heavy (non-hydrogen) atoms. The summed E-state index contributed by atoms with van der Waals surface area (Å²) in [5.41, 5.74) is 6.05. The number of fused-ring (bicyclic) bond motifs is 3. The van der Waals surface area contributed by atoms with Gasteiger partial charge in [0.15, 0.2) is 0 Å². The monoisotopic (exact) mass is 576 g/mol. The fourth-order valence-electron chi connectivity index (χ4n) is 5.42. The third-order valence-corrected chi connectivity index (χ3v) is 7.21. The summed E-state index contributed by atoms with van der Waals surface area (Å²) < 4.78 is 11.2. The zero-order valence-electron chi connectivity index (χ0n) is 24.6. The number of esters is 1. The van der Waals surface area contributed by atoms with Gasteiger partial charge in [-0.2, -0.15) is 0 Å². The van der Waals surface area contributed by atoms with Crippen LogP contribution in [-0.4, -0.2) is 30.2 Å². The summed E-state index contributed by atoms with van der Waals surface area (Å²) in [6.45, 7) is 5.64. The van der Waals surface area contributed by atoms with Crippen LogP contribution >= 0.6 is 0 Å². The van der Waals surface area contributed by atoms with E-state index in [0.717, 1.165) is 33.4 Å². The second-order valence-corrected chi connectivity index (χ2v) is 11.6. The number of nitrogens with one attached hydrogen (secondary N) is 2. The number of rotatable bonds is 9. The molecule has 1 aliphatic carbocycles. The lowest BCUT2D eigenvalue weighted by molar-refractivity contribution is -0.153. The fraction of sp³-hybridized carbons (Fsp3) is 0.250. The topological polar surface area (TPSA) is 93.7 Å². The molecule has 2 amide bonds. The van der Waals surface area contributed by atoms with Crippen molar-refractivity contribution in [3.8, 4) is 11.1 Å². The first kappa shape index (κ1) is 29.6. The van der Waals surface area contributed by atoms with Crippen molar-refractivity contribution in [2.45, 2.75) is 51.2 Å². The fourth-order valence-corrected chi connectivity index (χ4v) is 5.42. The minimum atomic E-state index is -0.609. The third kappa shape index (κ3) is 7.68. The van der Waals surface area contributed by atoms with Gasteiger partial charge in [-0.3, -0.25) is 9.59 Å². The average Bonchev–Trinajstić information content (AvgIpc) is 3.29. The molecule has 1 aliphatic rings. The molecule has 0 aliphatic heterocycles. The summed E-state index contributed by atoms with van der Waals surface area (Å²) in [5, 5.41) is 5.79. The molecule has 0 saturated carbocycles. The van der Waals surface area contributed by atoms with Gasteiger partial charge in [0, 0.05) is 11.6 Å². The molecule has 0 bridgehead atoms. The Hall–Kier alpha value is -4.91. The molecule has 0 heterocycles. The van der Waals surface area contributed by atoms with E-state index in [1.54, 1.807) is 18.2 Å². The van der Waals surface area contributed by atoms with Crippen LogP contribution in [0.3, 0.4) is 0 Å². The molecule has 0 spiro atoms. The van der Waals surface area contributed by atoms with E-state index >= 15 is 0 Å². The summed E-state index contributed by atoms with van der Waals surface area (Å²) >= 11 is 0. The Labute approximate surface area is 252 Å². The molecule has 2 N–H and O–H groups in total. The zero-order valence-corrected chi connectivity index (χ0v) is 24.6. The Morgan fingerprint density at radius 2 is 1.42 bits per heavy atom. The lowest BCUT2D eigenvalue weighted by Crippen LogP contribution is -2.32. The van der Waals surface area contributed by atoms with Gasteiger partial charge in [-0.05, 0) is 66.3 Å². The lowest BCUT2D eigenvalue weighted by Gasteiger charge is -2.20. The molecule has 220 valence electrons. The van der Waals surface area contributed by atoms with Crippen LogP contribution in [0.4, 0.5) is 10.5 Å². The van der Waals surface area contributed by atoms with Crippen LogP contribution in [0, 0.1) is 0 Å². The standard InChI is InChI=1S/C36H36N2O5/c1-36(2,3)43-34(40)21-24-12-11-15-26(20-24)37-33(39)22-32(25-13-5-4-6-14-25)38-35(41)42-23-31-29-18-9-7-16-27(29)28-17-8-10-19-30(28)31/h4-20,31-32H,21-23H2,1-3H3,(H,37,39)(H,38,41)/t32-/m0/s1. The summed E-state index contributed by atoms with van der Waals surface area (Å²) in [7, 11) is 0. The van der Waals surface area contributed by atoms with Gasteiger partial charge in [-0.1, -0.05) is 91.0 Å². The van der Waals surface area contributed by atoms with E-state index in [1.807, 2.05) is 81.4 Å². The van der Waals surface area contributed by atoms with Crippen molar-refractivity contribution in [3.05, 3.63) is 125 Å². The predicted molar refractivity (Wildman–Crippen MR) is 167 cm³/mol. The van der Waals surface area contributed by atoms with E-state index in [4.69, 9.17) is 9.47 Å². The van der Waals surface area contributed by atoms with Gasteiger partial charge in [0.05, 0.1) is 18.9 Å². The van der Waals surface area contributed by atoms with Crippen LogP contribution in [-0.2, 0) is 25.5 Å². The van der Waals surface area contributed by atoms with Crippen LogP contribution in [0.5, 0.6) is 0 Å². The maximum Gasteiger partial charge on any atom is 0.407 e. The highest BCUT2D eigenvalue weighted by molar-refractivity contribution is 5.91. The van der Waals surface area contributed by atoms with Gasteiger partial charge in [0.1, 0.15) is 12.2 Å². The third-order valence-electron chi connectivity index (χ3n) is 7.21. The van der Waals surface area contributed by atoms with E-state index < -0.39 is 17.7 Å². The molecule has 0 saturated heterocycles. The Bertz CT molecular complexity index is 1560. The van der Waals surface area contributed by atoms with Crippen molar-refractivity contribution in [3.63, 3.8) is 0 Å². The number of carbonyl (C=O) groups is 3. The number of anilines is 1. The molecule has 0 radical (unpaired) electrons. The maximum atomic E-state index is 13.1. The van der Waals surface area contributed by atoms with Crippen molar-refractivity contribution < 1.29 is 23.9 Å². The van der Waals surface area contributed by atoms with Crippen LogP contribution in [0.1, 0.15) is 61.4 Å². The second kappa shape index (κ2) is 12.9. The highest BCUT2D eigenvalue weighted by Gasteiger charge is 2.29. The van der Waals surface area contributed by atoms with E-state index in [9.17, 15) is 14.4 Å². The molecule has 1 atom stereocenters. The van der Waals surface area contributed by atoms with Gasteiger partial charge in [0.2, 0.25) is 5.91 Å². The molecule has 0 unspecified atom stereocenters. The number of hydrogen-bond donors (Lipinski definition) is 2. The number of carbonyl (C=O) groups excluding carboxylic acids is 3. The summed E-state index contributed by atoms with van der Waals surface area (Å²) in [6.07, 6.45) is -0.510. The highest BCUT2D eigenvalue weighted by Crippen LogP contribution is 2.44. The van der Waals surface area contributed by atoms with Crippen LogP contribution in [0.15, 0.2) is 103 Å². The normalized spacial score (nSPS) is 12.9. The van der Waals surface area contributed by atoms with E-state index in [-0.39, 0.29) is 37.2 Å². The number of amides is 2. The minimum absolute atomic E-state index is 0.00942. The Kier molecular flexibility index (Phi) is 8.90. The molecular formula is C36H36N2O5. The molecule has 0 fully saturated rings. The highest BCUT2D eigenvalue weighted by atomic mass is 16.6. The second-order valence-electron chi connectivity index (χ2n) is 11.6. The SMILES string of the molecule is CC(C)(C)OC(=O)Cc1cccc(NC(=O)C[C@H](NC(=O)OCC2c3ccccc3-c3ccccc32)c2ccccc2)c1. The van der Waals surface area contributed by atoms with Gasteiger partial charge < -0.3 is 20.1 Å². The zero-order chi connectivity index (χ0) is 30.4. The van der Waals surface area contributed by atoms with E-state index in [2.05, 4.69) is 34.9 Å². The smallest absolute Gasteiger partial charge is 0.407 e. The maximum absolute atomic E-state index is 13.1. The van der Waals surface area contributed by atoms with Gasteiger partial charge in [-0.25, -0.2) is 4.79 Å². The number of benzene rings is 4. The van der Waals surface area contributed by atoms with Crippen molar-refractivity contribution >= 4 is 23.7 Å². The number of alkyl carbamates (subject to hydrolysis) is 1. The van der Waals surface area contributed by atoms with Crippen molar-refractivity contribution in [2.24, 2.45) is 0 Å². The summed E-state index contributed by atoms with van der Waals surface area (Å²) in [4.78, 5) is 38.5. The predicted octanol–water partition coefficient (Wildman–Crippen LogP) is 7.18. The largest absolute Gasteiger partial charge is 0.460 e. The Balaban J connectivity index is 1.23. The first-order valence-electron chi connectivity index (χ1n) is 14.4. The molecule has 0 aromatic heterocycles. The van der Waals surface area contributed by atoms with Crippen molar-refractivity contribution in [1.29, 1.82) is 0 Å². The molecule has 5 rings (SSSR count). The molecule has 7 heteroatoms. The molecule has 4 aromatic rings. The van der Waals surface area contributed by atoms with Crippen molar-refractivity contribution in [2.75, 3.05) is 11.9 Å². The first-order chi connectivity index (χ1) is 20.7. The Morgan fingerprint density at radius 3 is 2.07 bits per heavy atom. The van der Waals surface area contributed by atoms with Crippen LogP contribution in [0.25, 0.3) is 11.1 Å². The quantitative estimate of drug-likeness (QED) is 0.206. The number of ether oxygens (including phenoxy) is 2. The molecular weight excluding hydrogens is 540 g/mol. The van der Waals surface area contributed by atoms with Gasteiger partial charge in [-0.15, -0.1) is 0 Å². The van der Waals surface area contributed by atoms with Gasteiger partial charge >= 0.3 is 12.1 Å². The lowest BCUT2D eigenvalue weighted by atomic mass is 9.98. The van der Waals surface area contributed by atoms with E-state index in [0.29, 0.717) is 5.69 Å². The summed E-state index contributed by atoms with van der Waals surface area (Å²) in [5.74, 6) is -0.695. The molecule has 4 aromatic carbocycles.